The summed E-state index contributed by atoms with van der Waals surface area (Å²) in [5.74, 6) is -1.54. The SMILES string of the molecule is COc1cc([C@@H]2[C@H]3C(=O)N(c4cccc(C)c4)C(=O)[C@H]3ON2c2ccccc2)ccc1OC(=O)c1ccccc1. The van der Waals surface area contributed by atoms with Gasteiger partial charge >= 0.3 is 5.97 Å². The number of imide groups is 1. The van der Waals surface area contributed by atoms with Gasteiger partial charge in [0.15, 0.2) is 17.6 Å². The number of hydrogen-bond donors (Lipinski definition) is 0. The zero-order valence-corrected chi connectivity index (χ0v) is 21.9. The zero-order valence-electron chi connectivity index (χ0n) is 21.9. The van der Waals surface area contributed by atoms with E-state index in [0.29, 0.717) is 28.3 Å². The molecule has 2 saturated heterocycles. The maximum atomic E-state index is 13.9. The molecule has 8 nitrogen and oxygen atoms in total. The number of fused-ring (bicyclic) bond motifs is 1. The molecule has 0 aliphatic carbocycles. The van der Waals surface area contributed by atoms with E-state index in [9.17, 15) is 14.4 Å². The summed E-state index contributed by atoms with van der Waals surface area (Å²) in [6.45, 7) is 1.91. The summed E-state index contributed by atoms with van der Waals surface area (Å²) in [5, 5.41) is 1.61. The number of hydroxylamine groups is 1. The molecule has 2 aliphatic heterocycles. The van der Waals surface area contributed by atoms with Crippen molar-refractivity contribution in [2.45, 2.75) is 19.1 Å². The van der Waals surface area contributed by atoms with Gasteiger partial charge in [0.05, 0.1) is 30.1 Å². The number of anilines is 2. The third-order valence-electron chi connectivity index (χ3n) is 7.13. The number of amides is 2. The molecule has 2 heterocycles. The van der Waals surface area contributed by atoms with Crippen molar-refractivity contribution in [1.29, 1.82) is 0 Å². The molecule has 0 bridgehead atoms. The minimum Gasteiger partial charge on any atom is -0.493 e. The van der Waals surface area contributed by atoms with E-state index in [0.717, 1.165) is 5.56 Å². The molecular formula is C32H26N2O6. The molecule has 8 heteroatoms. The highest BCUT2D eigenvalue weighted by Gasteiger charge is 2.60. The van der Waals surface area contributed by atoms with Gasteiger partial charge in [-0.15, -0.1) is 0 Å². The molecule has 2 amide bonds. The van der Waals surface area contributed by atoms with Crippen LogP contribution in [-0.2, 0) is 14.4 Å². The molecule has 0 unspecified atom stereocenters. The summed E-state index contributed by atoms with van der Waals surface area (Å²) in [6.07, 6.45) is -1.00. The number of nitrogens with zero attached hydrogens (tertiary/aromatic N) is 2. The van der Waals surface area contributed by atoms with Crippen LogP contribution in [0.2, 0.25) is 0 Å². The second kappa shape index (κ2) is 10.3. The molecule has 0 N–H and O–H groups in total. The molecule has 3 atom stereocenters. The fourth-order valence-corrected chi connectivity index (χ4v) is 5.26. The molecule has 4 aromatic rings. The van der Waals surface area contributed by atoms with Crippen molar-refractivity contribution in [2.75, 3.05) is 17.1 Å². The number of esters is 1. The highest BCUT2D eigenvalue weighted by atomic mass is 16.7. The Morgan fingerprint density at radius 3 is 2.17 bits per heavy atom. The van der Waals surface area contributed by atoms with Crippen molar-refractivity contribution in [3.05, 3.63) is 120 Å². The van der Waals surface area contributed by atoms with Crippen LogP contribution in [0, 0.1) is 12.8 Å². The average molecular weight is 535 g/mol. The lowest BCUT2D eigenvalue weighted by molar-refractivity contribution is -0.126. The number of aryl methyl sites for hydroxylation is 1. The Kier molecular flexibility index (Phi) is 6.53. The number of hydrogen-bond acceptors (Lipinski definition) is 7. The van der Waals surface area contributed by atoms with Gasteiger partial charge in [-0.25, -0.2) is 14.8 Å². The Bertz CT molecular complexity index is 1590. The van der Waals surface area contributed by atoms with E-state index < -0.39 is 29.9 Å². The van der Waals surface area contributed by atoms with Gasteiger partial charge in [0.25, 0.3) is 5.91 Å². The minimum absolute atomic E-state index is 0.233. The van der Waals surface area contributed by atoms with Crippen LogP contribution < -0.4 is 19.4 Å². The Morgan fingerprint density at radius 1 is 0.775 bits per heavy atom. The Morgan fingerprint density at radius 2 is 1.48 bits per heavy atom. The van der Waals surface area contributed by atoms with Crippen LogP contribution in [0.3, 0.4) is 0 Å². The lowest BCUT2D eigenvalue weighted by Crippen LogP contribution is -2.37. The molecule has 0 aromatic heterocycles. The van der Waals surface area contributed by atoms with Crippen molar-refractivity contribution in [2.24, 2.45) is 5.92 Å². The first-order valence-electron chi connectivity index (χ1n) is 12.9. The first-order valence-corrected chi connectivity index (χ1v) is 12.9. The first-order chi connectivity index (χ1) is 19.5. The zero-order chi connectivity index (χ0) is 27.8. The number of methoxy groups -OCH3 is 1. The molecule has 0 spiro atoms. The van der Waals surface area contributed by atoms with E-state index in [1.165, 1.54) is 12.0 Å². The lowest BCUT2D eigenvalue weighted by Gasteiger charge is -2.29. The van der Waals surface area contributed by atoms with Crippen molar-refractivity contribution >= 4 is 29.2 Å². The van der Waals surface area contributed by atoms with Crippen molar-refractivity contribution in [3.63, 3.8) is 0 Å². The Labute approximate surface area is 231 Å². The van der Waals surface area contributed by atoms with Gasteiger partial charge in [0.1, 0.15) is 5.92 Å². The maximum Gasteiger partial charge on any atom is 0.343 e. The molecule has 2 aliphatic rings. The number of benzene rings is 4. The molecule has 0 radical (unpaired) electrons. The normalized spacial score (nSPS) is 20.0. The van der Waals surface area contributed by atoms with Gasteiger partial charge < -0.3 is 9.47 Å². The monoisotopic (exact) mass is 534 g/mol. The Balaban J connectivity index is 1.38. The first kappa shape index (κ1) is 25.3. The van der Waals surface area contributed by atoms with Crippen LogP contribution in [0.1, 0.15) is 27.5 Å². The third-order valence-corrected chi connectivity index (χ3v) is 7.13. The Hall–Kier alpha value is -4.95. The highest BCUT2D eigenvalue weighted by molar-refractivity contribution is 6.24. The predicted molar refractivity (Wildman–Crippen MR) is 148 cm³/mol. The summed E-state index contributed by atoms with van der Waals surface area (Å²) in [4.78, 5) is 47.6. The van der Waals surface area contributed by atoms with Crippen LogP contribution in [0.15, 0.2) is 103 Å². The van der Waals surface area contributed by atoms with Crippen LogP contribution in [0.25, 0.3) is 0 Å². The van der Waals surface area contributed by atoms with Gasteiger partial charge in [-0.2, -0.15) is 0 Å². The molecule has 4 aromatic carbocycles. The quantitative estimate of drug-likeness (QED) is 0.189. The van der Waals surface area contributed by atoms with Crippen LogP contribution in [-0.4, -0.2) is 31.0 Å². The summed E-state index contributed by atoms with van der Waals surface area (Å²) >= 11 is 0. The number of rotatable bonds is 6. The molecule has 200 valence electrons. The van der Waals surface area contributed by atoms with Crippen molar-refractivity contribution in [1.82, 2.24) is 0 Å². The van der Waals surface area contributed by atoms with Gasteiger partial charge in [0, 0.05) is 0 Å². The predicted octanol–water partition coefficient (Wildman–Crippen LogP) is 5.27. The summed E-state index contributed by atoms with van der Waals surface area (Å²) in [5.41, 5.74) is 3.22. The standard InChI is InChI=1S/C32H26N2O6/c1-20-10-9-15-24(18-20)33-30(35)27-28(34(40-29(27)31(33)36)23-13-7-4-8-14-23)22-16-17-25(26(19-22)38-2)39-32(37)21-11-5-3-6-12-21/h3-19,27-29H,1-2H3/t27-,28-,29+/m1/s1. The van der Waals surface area contributed by atoms with E-state index in [2.05, 4.69) is 0 Å². The van der Waals surface area contributed by atoms with Gasteiger partial charge in [-0.05, 0) is 66.6 Å². The van der Waals surface area contributed by atoms with Gasteiger partial charge in [-0.1, -0.05) is 54.6 Å². The highest BCUT2D eigenvalue weighted by Crippen LogP contribution is 2.48. The van der Waals surface area contributed by atoms with E-state index in [1.54, 1.807) is 59.7 Å². The van der Waals surface area contributed by atoms with Gasteiger partial charge in [0.2, 0.25) is 5.91 Å². The fourth-order valence-electron chi connectivity index (χ4n) is 5.26. The number of para-hydroxylation sites is 1. The van der Waals surface area contributed by atoms with Crippen molar-refractivity contribution in [3.8, 4) is 11.5 Å². The van der Waals surface area contributed by atoms with Crippen LogP contribution in [0.5, 0.6) is 11.5 Å². The molecule has 0 saturated carbocycles. The summed E-state index contributed by atoms with van der Waals surface area (Å²) < 4.78 is 11.2. The summed E-state index contributed by atoms with van der Waals surface area (Å²) in [7, 11) is 1.48. The van der Waals surface area contributed by atoms with E-state index in [-0.39, 0.29) is 11.7 Å². The number of carbonyl (C=O) groups is 3. The average Bonchev–Trinajstić information content (AvgIpc) is 3.49. The smallest absolute Gasteiger partial charge is 0.343 e. The summed E-state index contributed by atoms with van der Waals surface area (Å²) in [6, 6.07) is 29.7. The largest absolute Gasteiger partial charge is 0.493 e. The third kappa shape index (κ3) is 4.38. The molecule has 2 fully saturated rings. The second-order valence-electron chi connectivity index (χ2n) is 9.67. The lowest BCUT2D eigenvalue weighted by atomic mass is 9.90. The van der Waals surface area contributed by atoms with E-state index in [1.807, 2.05) is 55.5 Å². The number of carbonyl (C=O) groups excluding carboxylic acids is 3. The maximum absolute atomic E-state index is 13.9. The molecular weight excluding hydrogens is 508 g/mol. The fraction of sp³-hybridized carbons (Fsp3) is 0.156. The second-order valence-corrected chi connectivity index (χ2v) is 9.67. The number of ether oxygens (including phenoxy) is 2. The molecule has 6 rings (SSSR count). The van der Waals surface area contributed by atoms with Gasteiger partial charge in [-0.3, -0.25) is 14.4 Å². The van der Waals surface area contributed by atoms with E-state index in [4.69, 9.17) is 14.3 Å². The van der Waals surface area contributed by atoms with E-state index >= 15 is 0 Å². The van der Waals surface area contributed by atoms with Crippen LogP contribution in [0.4, 0.5) is 11.4 Å². The topological polar surface area (TPSA) is 85.4 Å². The van der Waals surface area contributed by atoms with Crippen molar-refractivity contribution < 1.29 is 28.7 Å². The molecule has 40 heavy (non-hydrogen) atoms. The minimum atomic E-state index is -1.00. The van der Waals surface area contributed by atoms with Crippen LogP contribution >= 0.6 is 0 Å².